The number of unbranched alkanes of at least 4 members (excludes halogenated alkanes) is 3. The molecular weight excluding hydrogens is 362 g/mol. The van der Waals surface area contributed by atoms with Crippen molar-refractivity contribution in [3.63, 3.8) is 0 Å². The van der Waals surface area contributed by atoms with Gasteiger partial charge >= 0.3 is 0 Å². The van der Waals surface area contributed by atoms with Gasteiger partial charge in [0.05, 0.1) is 0 Å². The van der Waals surface area contributed by atoms with Crippen molar-refractivity contribution >= 4 is 11.9 Å². The molecule has 0 unspecified atom stereocenters. The number of nitrogens with zero attached hydrogens (tertiary/aromatic N) is 6. The van der Waals surface area contributed by atoms with Crippen LogP contribution in [0.4, 0.5) is 5.95 Å². The normalized spacial score (nSPS) is 15.4. The first-order valence-corrected chi connectivity index (χ1v) is 11.1. The maximum Gasteiger partial charge on any atom is 0.225 e. The zero-order valence-corrected chi connectivity index (χ0v) is 18.4. The second-order valence-corrected chi connectivity index (χ2v) is 7.53. The summed E-state index contributed by atoms with van der Waals surface area (Å²) in [6.45, 7) is 13.9. The molecule has 7 nitrogen and oxygen atoms in total. The van der Waals surface area contributed by atoms with Gasteiger partial charge in [-0.15, -0.1) is 6.58 Å². The first-order chi connectivity index (χ1) is 14.2. The van der Waals surface area contributed by atoms with Gasteiger partial charge in [0.25, 0.3) is 0 Å². The third-order valence-electron chi connectivity index (χ3n) is 5.20. The second kappa shape index (κ2) is 13.9. The lowest BCUT2D eigenvalue weighted by molar-refractivity contribution is 0.255. The third-order valence-corrected chi connectivity index (χ3v) is 5.20. The average Bonchev–Trinajstić information content (AvgIpc) is 2.76. The number of aliphatic imine (C=N–C) groups is 1. The standard InChI is InChI=1S/C22H39N7/c1-4-6-7-8-9-15-27(3)21(23-5-2)24-14-11-16-28-17-19-29(20-18-28)22-25-12-10-13-26-22/h4,10,12-13H,1,5-9,11,14-20H2,2-3H3,(H,23,24). The molecule has 162 valence electrons. The Bertz CT molecular complexity index is 582. The Labute approximate surface area is 176 Å². The number of rotatable bonds is 12. The van der Waals surface area contributed by atoms with E-state index in [-0.39, 0.29) is 0 Å². The first-order valence-electron chi connectivity index (χ1n) is 11.1. The lowest BCUT2D eigenvalue weighted by atomic mass is 10.2. The summed E-state index contributed by atoms with van der Waals surface area (Å²) in [6, 6.07) is 1.86. The van der Waals surface area contributed by atoms with Crippen LogP contribution >= 0.6 is 0 Å². The number of hydrogen-bond donors (Lipinski definition) is 1. The van der Waals surface area contributed by atoms with Crippen molar-refractivity contribution in [2.75, 3.05) is 64.3 Å². The van der Waals surface area contributed by atoms with E-state index in [1.807, 2.05) is 24.5 Å². The summed E-state index contributed by atoms with van der Waals surface area (Å²) in [5.74, 6) is 1.88. The molecule has 0 spiro atoms. The molecule has 1 N–H and O–H groups in total. The van der Waals surface area contributed by atoms with E-state index in [1.54, 1.807) is 0 Å². The van der Waals surface area contributed by atoms with Crippen LogP contribution in [0.3, 0.4) is 0 Å². The quantitative estimate of drug-likeness (QED) is 0.251. The van der Waals surface area contributed by atoms with Crippen LogP contribution in [-0.4, -0.2) is 85.1 Å². The first kappa shape index (κ1) is 23.1. The topological polar surface area (TPSA) is 59.9 Å². The van der Waals surface area contributed by atoms with E-state index in [0.29, 0.717) is 0 Å². The van der Waals surface area contributed by atoms with E-state index in [4.69, 9.17) is 4.99 Å². The van der Waals surface area contributed by atoms with Gasteiger partial charge < -0.3 is 15.1 Å². The molecule has 0 aromatic carbocycles. The number of hydrogen-bond acceptors (Lipinski definition) is 5. The van der Waals surface area contributed by atoms with Gasteiger partial charge in [0, 0.05) is 71.8 Å². The molecule has 2 heterocycles. The van der Waals surface area contributed by atoms with Crippen LogP contribution < -0.4 is 10.2 Å². The molecule has 29 heavy (non-hydrogen) atoms. The fourth-order valence-corrected chi connectivity index (χ4v) is 3.50. The molecule has 2 rings (SSSR count). The van der Waals surface area contributed by atoms with Gasteiger partial charge in [0.1, 0.15) is 0 Å². The van der Waals surface area contributed by atoms with E-state index in [1.165, 1.54) is 19.3 Å². The molecule has 7 heteroatoms. The Kier molecular flexibility index (Phi) is 11.1. The number of nitrogens with one attached hydrogen (secondary N) is 1. The SMILES string of the molecule is C=CCCCCCN(C)C(=NCCCN1CCN(c2ncccn2)CC1)NCC. The van der Waals surface area contributed by atoms with Crippen molar-refractivity contribution in [2.24, 2.45) is 4.99 Å². The number of piperazine rings is 1. The van der Waals surface area contributed by atoms with Crippen LogP contribution in [0.2, 0.25) is 0 Å². The fraction of sp³-hybridized carbons (Fsp3) is 0.682. The molecule has 1 aromatic rings. The van der Waals surface area contributed by atoms with E-state index >= 15 is 0 Å². The Morgan fingerprint density at radius 3 is 2.62 bits per heavy atom. The summed E-state index contributed by atoms with van der Waals surface area (Å²) in [4.78, 5) is 20.6. The molecule has 1 fully saturated rings. The molecule has 0 amide bonds. The lowest BCUT2D eigenvalue weighted by Gasteiger charge is -2.34. The van der Waals surface area contributed by atoms with Crippen molar-refractivity contribution in [3.05, 3.63) is 31.1 Å². The predicted octanol–water partition coefficient (Wildman–Crippen LogP) is 2.63. The summed E-state index contributed by atoms with van der Waals surface area (Å²) < 4.78 is 0. The Hall–Kier alpha value is -2.15. The van der Waals surface area contributed by atoms with Crippen LogP contribution in [0.1, 0.15) is 39.0 Å². The minimum Gasteiger partial charge on any atom is -0.357 e. The summed E-state index contributed by atoms with van der Waals surface area (Å²) in [5, 5.41) is 3.42. The molecule has 1 aliphatic rings. The van der Waals surface area contributed by atoms with Crippen LogP contribution in [0.5, 0.6) is 0 Å². The van der Waals surface area contributed by atoms with Gasteiger partial charge in [0.2, 0.25) is 5.95 Å². The molecule has 0 bridgehead atoms. The van der Waals surface area contributed by atoms with Crippen molar-refractivity contribution in [1.82, 2.24) is 25.1 Å². The molecular formula is C22H39N7. The number of anilines is 1. The van der Waals surface area contributed by atoms with Crippen molar-refractivity contribution in [2.45, 2.75) is 39.0 Å². The maximum absolute atomic E-state index is 4.83. The summed E-state index contributed by atoms with van der Waals surface area (Å²) in [7, 11) is 2.14. The number of aromatic nitrogens is 2. The van der Waals surface area contributed by atoms with Crippen molar-refractivity contribution in [1.29, 1.82) is 0 Å². The molecule has 0 atom stereocenters. The van der Waals surface area contributed by atoms with Crippen molar-refractivity contribution in [3.8, 4) is 0 Å². The van der Waals surface area contributed by atoms with E-state index in [2.05, 4.69) is 50.5 Å². The van der Waals surface area contributed by atoms with Crippen LogP contribution in [-0.2, 0) is 0 Å². The lowest BCUT2D eigenvalue weighted by Crippen LogP contribution is -2.47. The van der Waals surface area contributed by atoms with Gasteiger partial charge in [-0.2, -0.15) is 0 Å². The largest absolute Gasteiger partial charge is 0.357 e. The third kappa shape index (κ3) is 8.81. The van der Waals surface area contributed by atoms with Crippen LogP contribution in [0, 0.1) is 0 Å². The highest BCUT2D eigenvalue weighted by atomic mass is 15.3. The molecule has 0 saturated carbocycles. The highest BCUT2D eigenvalue weighted by Crippen LogP contribution is 2.09. The van der Waals surface area contributed by atoms with Crippen molar-refractivity contribution < 1.29 is 0 Å². The fourth-order valence-electron chi connectivity index (χ4n) is 3.50. The number of allylic oxidation sites excluding steroid dienone is 1. The van der Waals surface area contributed by atoms with Gasteiger partial charge in [-0.1, -0.05) is 12.5 Å². The van der Waals surface area contributed by atoms with Gasteiger partial charge in [-0.05, 0) is 38.7 Å². The zero-order chi connectivity index (χ0) is 20.7. The Morgan fingerprint density at radius 1 is 1.17 bits per heavy atom. The van der Waals surface area contributed by atoms with E-state index in [9.17, 15) is 0 Å². The van der Waals surface area contributed by atoms with Gasteiger partial charge in [-0.25, -0.2) is 9.97 Å². The van der Waals surface area contributed by atoms with E-state index in [0.717, 1.165) is 77.1 Å². The highest BCUT2D eigenvalue weighted by Gasteiger charge is 2.18. The average molecular weight is 402 g/mol. The van der Waals surface area contributed by atoms with Crippen LogP contribution in [0.25, 0.3) is 0 Å². The zero-order valence-electron chi connectivity index (χ0n) is 18.4. The second-order valence-electron chi connectivity index (χ2n) is 7.53. The number of guanidine groups is 1. The van der Waals surface area contributed by atoms with Gasteiger partial charge in [-0.3, -0.25) is 9.89 Å². The minimum atomic E-state index is 0.847. The Balaban J connectivity index is 1.65. The predicted molar refractivity (Wildman–Crippen MR) is 123 cm³/mol. The van der Waals surface area contributed by atoms with Gasteiger partial charge in [0.15, 0.2) is 5.96 Å². The molecule has 1 aliphatic heterocycles. The Morgan fingerprint density at radius 2 is 1.93 bits per heavy atom. The van der Waals surface area contributed by atoms with Crippen LogP contribution in [0.15, 0.2) is 36.1 Å². The molecule has 1 saturated heterocycles. The maximum atomic E-state index is 4.83. The van der Waals surface area contributed by atoms with E-state index < -0.39 is 0 Å². The monoisotopic (exact) mass is 401 g/mol. The molecule has 0 aliphatic carbocycles. The summed E-state index contributed by atoms with van der Waals surface area (Å²) in [5.41, 5.74) is 0. The summed E-state index contributed by atoms with van der Waals surface area (Å²) >= 11 is 0. The minimum absolute atomic E-state index is 0.847. The molecule has 0 radical (unpaired) electrons. The highest BCUT2D eigenvalue weighted by molar-refractivity contribution is 5.79. The summed E-state index contributed by atoms with van der Waals surface area (Å²) in [6.07, 6.45) is 11.5. The molecule has 1 aromatic heterocycles. The smallest absolute Gasteiger partial charge is 0.225 e.